The Balaban J connectivity index is 2.75. The monoisotopic (exact) mass is 780 g/mol. The maximum Gasteiger partial charge on any atom is 0.364 e. The third-order valence-corrected chi connectivity index (χ3v) is 7.89. The van der Waals surface area contributed by atoms with Gasteiger partial charge in [0, 0.05) is 55.4 Å². The number of nitrogens with one attached hydrogen (secondary N) is 2. The first-order valence-electron chi connectivity index (χ1n) is 16.0. The predicted molar refractivity (Wildman–Crippen MR) is 173 cm³/mol. The van der Waals surface area contributed by atoms with Crippen LogP contribution in [-0.4, -0.2) is 138 Å². The largest absolute Gasteiger partial charge is 0.477 e. The number of thiol groups is 1. The van der Waals surface area contributed by atoms with Crippen molar-refractivity contribution < 1.29 is 90.9 Å². The van der Waals surface area contributed by atoms with Gasteiger partial charge in [-0.15, -0.1) is 12.6 Å². The molecule has 298 valence electrons. The number of carbonyl (C=O) groups is 9. The quantitative estimate of drug-likeness (QED) is 0.0832. The molecule has 0 aromatic rings. The zero-order chi connectivity index (χ0) is 40.4. The third kappa shape index (κ3) is 13.1. The molecule has 2 amide bonds. The Bertz CT molecular complexity index is 1420. The molecule has 0 unspecified atom stereocenters. The summed E-state index contributed by atoms with van der Waals surface area (Å²) in [7, 11) is 0. The minimum atomic E-state index is -2.89. The van der Waals surface area contributed by atoms with Crippen molar-refractivity contribution >= 4 is 66.2 Å². The molecule has 0 saturated carbocycles. The van der Waals surface area contributed by atoms with Gasteiger partial charge in [-0.2, -0.15) is 0 Å². The van der Waals surface area contributed by atoms with E-state index in [1.165, 1.54) is 0 Å². The van der Waals surface area contributed by atoms with Crippen LogP contribution in [0.15, 0.2) is 0 Å². The van der Waals surface area contributed by atoms with Crippen LogP contribution in [0.3, 0.4) is 0 Å². The molecule has 3 N–H and O–H groups in total. The molecule has 2 aliphatic heterocycles. The Hall–Kier alpha value is -4.54. The molecule has 11 atom stereocenters. The normalized spacial score (nSPS) is 29.2. The molecule has 0 aromatic heterocycles. The van der Waals surface area contributed by atoms with E-state index >= 15 is 0 Å². The predicted octanol–water partition coefficient (Wildman–Crippen LogP) is -1.54. The van der Waals surface area contributed by atoms with Gasteiger partial charge in [0.2, 0.25) is 11.8 Å². The molecule has 2 rings (SSSR count). The SMILES string of the molecule is CC(=O)N[C@@H]1[C@@H](OC(C)=O)[C@@H](OC(C)=O)[C@@H](CO[C@]2(C(=O)O)C[C@H](OC(C)=O)[C@@H](NC(C)=O)[C@H]([C@H](OC(C)=O)[C@@H](COC(C)=O)OC(C)=O)O2)O[C@@H]1S. The fraction of sp³-hybridized carbons (Fsp3) is 0.710. The fourth-order valence-corrected chi connectivity index (χ4v) is 6.13. The van der Waals surface area contributed by atoms with Crippen molar-refractivity contribution in [3.63, 3.8) is 0 Å². The topological polar surface area (TPSA) is 281 Å². The Morgan fingerprint density at radius 2 is 1.26 bits per heavy atom. The van der Waals surface area contributed by atoms with Crippen molar-refractivity contribution in [1.29, 1.82) is 0 Å². The molecule has 0 bridgehead atoms. The lowest BCUT2D eigenvalue weighted by Crippen LogP contribution is -2.70. The lowest BCUT2D eigenvalue weighted by molar-refractivity contribution is -0.322. The van der Waals surface area contributed by atoms with Crippen molar-refractivity contribution in [3.05, 3.63) is 0 Å². The summed E-state index contributed by atoms with van der Waals surface area (Å²) in [4.78, 5) is 111. The lowest BCUT2D eigenvalue weighted by atomic mass is 9.88. The second-order valence-electron chi connectivity index (χ2n) is 12.0. The number of rotatable bonds is 15. The first kappa shape index (κ1) is 44.6. The maximum atomic E-state index is 13.2. The molecule has 53 heavy (non-hydrogen) atoms. The van der Waals surface area contributed by atoms with Gasteiger partial charge in [0.25, 0.3) is 5.79 Å². The molecule has 2 aliphatic rings. The molecular formula is C31H44N2O19S. The van der Waals surface area contributed by atoms with Crippen molar-refractivity contribution in [2.24, 2.45) is 0 Å². The minimum absolute atomic E-state index is 0.592. The molecule has 0 aliphatic carbocycles. The van der Waals surface area contributed by atoms with Crippen LogP contribution in [-0.2, 0) is 85.8 Å². The van der Waals surface area contributed by atoms with Gasteiger partial charge in [-0.25, -0.2) is 4.79 Å². The molecule has 21 nitrogen and oxygen atoms in total. The molecule has 22 heteroatoms. The Kier molecular flexibility index (Phi) is 16.4. The first-order chi connectivity index (χ1) is 24.6. The zero-order valence-corrected chi connectivity index (χ0v) is 31.0. The fourth-order valence-electron chi connectivity index (χ4n) is 5.73. The van der Waals surface area contributed by atoms with Crippen LogP contribution < -0.4 is 10.6 Å². The van der Waals surface area contributed by atoms with Gasteiger partial charge < -0.3 is 58.4 Å². The zero-order valence-electron chi connectivity index (χ0n) is 30.1. The van der Waals surface area contributed by atoms with E-state index in [-0.39, 0.29) is 0 Å². The summed E-state index contributed by atoms with van der Waals surface area (Å²) >= 11 is 4.34. The summed E-state index contributed by atoms with van der Waals surface area (Å²) < 4.78 is 49.7. The van der Waals surface area contributed by atoms with Crippen LogP contribution >= 0.6 is 12.6 Å². The van der Waals surface area contributed by atoms with Crippen LogP contribution in [0.25, 0.3) is 0 Å². The van der Waals surface area contributed by atoms with Crippen molar-refractivity contribution in [2.75, 3.05) is 13.2 Å². The minimum Gasteiger partial charge on any atom is -0.477 e. The average molecular weight is 781 g/mol. The molecular weight excluding hydrogens is 736 g/mol. The van der Waals surface area contributed by atoms with Gasteiger partial charge >= 0.3 is 41.8 Å². The Morgan fingerprint density at radius 3 is 1.74 bits per heavy atom. The molecule has 2 saturated heterocycles. The van der Waals surface area contributed by atoms with Gasteiger partial charge in [-0.05, 0) is 0 Å². The van der Waals surface area contributed by atoms with Crippen molar-refractivity contribution in [3.8, 4) is 0 Å². The van der Waals surface area contributed by atoms with Crippen LogP contribution in [0.5, 0.6) is 0 Å². The summed E-state index contributed by atoms with van der Waals surface area (Å²) in [6.07, 6.45) is -12.4. The van der Waals surface area contributed by atoms with Crippen LogP contribution in [0.4, 0.5) is 0 Å². The summed E-state index contributed by atoms with van der Waals surface area (Å²) in [6.45, 7) is 6.62. The van der Waals surface area contributed by atoms with E-state index in [1.807, 2.05) is 0 Å². The lowest BCUT2D eigenvalue weighted by Gasteiger charge is -2.49. The average Bonchev–Trinajstić information content (AvgIpc) is 3.00. The first-order valence-corrected chi connectivity index (χ1v) is 16.5. The van der Waals surface area contributed by atoms with Crippen LogP contribution in [0.1, 0.15) is 61.8 Å². The molecule has 0 aromatic carbocycles. The van der Waals surface area contributed by atoms with E-state index in [0.717, 1.165) is 55.4 Å². The maximum absolute atomic E-state index is 13.2. The number of aliphatic carboxylic acids is 1. The third-order valence-electron chi connectivity index (χ3n) is 7.44. The standard InChI is InChI=1S/C31H44N2O19S/c1-12(34)32-23-20(46-15(4)37)9-31(30(42)43,52-28(23)26(49-18(7)40)21(47-16(5)38)10-44-14(3)36)45-11-22-25(48-17(6)39)27(50-19(8)41)24(29(53)51-22)33-13(2)35/h20-29,53H,9-11H2,1-8H3,(H,32,34)(H,33,35)(H,42,43)/t20-,21+,22+,23+,24+,25-,26+,27+,28+,29+,31+/m0/s1. The number of amides is 2. The highest BCUT2D eigenvalue weighted by molar-refractivity contribution is 7.80. The molecule has 2 heterocycles. The molecule has 0 radical (unpaired) electrons. The van der Waals surface area contributed by atoms with E-state index in [2.05, 4.69) is 23.3 Å². The number of ether oxygens (including phenoxy) is 9. The summed E-state index contributed by atoms with van der Waals surface area (Å²) in [6, 6.07) is -2.71. The van der Waals surface area contributed by atoms with Gasteiger partial charge in [0.05, 0.1) is 19.1 Å². The van der Waals surface area contributed by atoms with Gasteiger partial charge in [-0.3, -0.25) is 38.4 Å². The van der Waals surface area contributed by atoms with E-state index in [9.17, 15) is 48.3 Å². The van der Waals surface area contributed by atoms with Gasteiger partial charge in [0.15, 0.2) is 24.4 Å². The Labute approximate surface area is 308 Å². The van der Waals surface area contributed by atoms with Crippen molar-refractivity contribution in [1.82, 2.24) is 10.6 Å². The number of carbonyl (C=O) groups excluding carboxylic acids is 8. The summed E-state index contributed by atoms with van der Waals surface area (Å²) in [5, 5.41) is 15.6. The summed E-state index contributed by atoms with van der Waals surface area (Å²) in [5.41, 5.74) is -1.26. The molecule has 2 fully saturated rings. The highest BCUT2D eigenvalue weighted by atomic mass is 32.1. The number of carboxylic acid groups (broad SMARTS) is 1. The van der Waals surface area contributed by atoms with Crippen LogP contribution in [0.2, 0.25) is 0 Å². The number of hydrogen-bond acceptors (Lipinski definition) is 19. The molecule has 0 spiro atoms. The number of carboxylic acids is 1. The van der Waals surface area contributed by atoms with E-state index in [1.54, 1.807) is 0 Å². The van der Waals surface area contributed by atoms with E-state index < -0.39 is 139 Å². The number of hydrogen-bond donors (Lipinski definition) is 4. The summed E-state index contributed by atoms with van der Waals surface area (Å²) in [5.74, 6) is -11.6. The van der Waals surface area contributed by atoms with Crippen LogP contribution in [0, 0.1) is 0 Å². The van der Waals surface area contributed by atoms with Crippen molar-refractivity contribution in [2.45, 2.75) is 128 Å². The Morgan fingerprint density at radius 1 is 0.736 bits per heavy atom. The number of esters is 6. The smallest absolute Gasteiger partial charge is 0.364 e. The highest BCUT2D eigenvalue weighted by Crippen LogP contribution is 2.38. The van der Waals surface area contributed by atoms with Gasteiger partial charge in [0.1, 0.15) is 36.4 Å². The highest BCUT2D eigenvalue weighted by Gasteiger charge is 2.60. The second kappa shape index (κ2) is 19.5. The van der Waals surface area contributed by atoms with Gasteiger partial charge in [-0.1, -0.05) is 0 Å². The second-order valence-corrected chi connectivity index (χ2v) is 12.5. The van der Waals surface area contributed by atoms with E-state index in [0.29, 0.717) is 0 Å². The van der Waals surface area contributed by atoms with E-state index in [4.69, 9.17) is 42.6 Å².